The number of aromatic hydroxyl groups is 1. The van der Waals surface area contributed by atoms with E-state index in [0.717, 1.165) is 12.0 Å². The van der Waals surface area contributed by atoms with E-state index in [9.17, 15) is 14.7 Å². The van der Waals surface area contributed by atoms with E-state index in [4.69, 9.17) is 4.42 Å². The fraction of sp³-hybridized carbons (Fsp3) is 0.429. The summed E-state index contributed by atoms with van der Waals surface area (Å²) in [6.45, 7) is 7.16. The van der Waals surface area contributed by atoms with Gasteiger partial charge in [-0.15, -0.1) is 0 Å². The van der Waals surface area contributed by atoms with Gasteiger partial charge < -0.3 is 19.7 Å². The van der Waals surface area contributed by atoms with Crippen LogP contribution in [0, 0.1) is 5.92 Å². The number of furan rings is 1. The minimum absolute atomic E-state index is 0.0377. The highest BCUT2D eigenvalue weighted by atomic mass is 16.3. The Balaban J connectivity index is 1.70. The van der Waals surface area contributed by atoms with Gasteiger partial charge in [-0.25, -0.2) is 0 Å². The van der Waals surface area contributed by atoms with Crippen LogP contribution in [0.15, 0.2) is 41.0 Å². The number of nitrogens with one attached hydrogen (secondary N) is 1. The van der Waals surface area contributed by atoms with Crippen molar-refractivity contribution in [2.45, 2.75) is 39.0 Å². The maximum absolute atomic E-state index is 12.8. The van der Waals surface area contributed by atoms with Crippen LogP contribution in [0.25, 0.3) is 0 Å². The van der Waals surface area contributed by atoms with Gasteiger partial charge >= 0.3 is 0 Å². The van der Waals surface area contributed by atoms with E-state index in [2.05, 4.69) is 26.1 Å². The molecular formula is C21H26N2O4. The van der Waals surface area contributed by atoms with Crippen LogP contribution in [0.4, 0.5) is 5.69 Å². The number of hydrogen-bond donors (Lipinski definition) is 2. The number of carbonyl (C=O) groups is 2. The van der Waals surface area contributed by atoms with Gasteiger partial charge in [-0.3, -0.25) is 9.59 Å². The summed E-state index contributed by atoms with van der Waals surface area (Å²) in [5.41, 5.74) is 1.33. The molecule has 2 amide bonds. The fourth-order valence-corrected chi connectivity index (χ4v) is 3.27. The number of phenols is 1. The van der Waals surface area contributed by atoms with Crippen LogP contribution in [-0.2, 0) is 10.2 Å². The normalized spacial score (nSPS) is 17.6. The summed E-state index contributed by atoms with van der Waals surface area (Å²) in [7, 11) is 0. The predicted molar refractivity (Wildman–Crippen MR) is 103 cm³/mol. The molecule has 1 saturated heterocycles. The first-order chi connectivity index (χ1) is 12.8. The van der Waals surface area contributed by atoms with Gasteiger partial charge in [-0.05, 0) is 48.1 Å². The van der Waals surface area contributed by atoms with Crippen LogP contribution >= 0.6 is 0 Å². The second-order valence-corrected chi connectivity index (χ2v) is 8.04. The zero-order valence-corrected chi connectivity index (χ0v) is 16.0. The number of likely N-dealkylation sites (tertiary alicyclic amines) is 1. The maximum Gasteiger partial charge on any atom is 0.289 e. The van der Waals surface area contributed by atoms with Gasteiger partial charge in [0.15, 0.2) is 5.76 Å². The lowest BCUT2D eigenvalue weighted by Crippen LogP contribution is -2.43. The smallest absolute Gasteiger partial charge is 0.289 e. The van der Waals surface area contributed by atoms with E-state index < -0.39 is 0 Å². The summed E-state index contributed by atoms with van der Waals surface area (Å²) >= 11 is 0. The Bertz CT molecular complexity index is 821. The summed E-state index contributed by atoms with van der Waals surface area (Å²) < 4.78 is 5.18. The van der Waals surface area contributed by atoms with Gasteiger partial charge in [0.25, 0.3) is 5.91 Å². The molecule has 1 aliphatic heterocycles. The van der Waals surface area contributed by atoms with E-state index in [1.54, 1.807) is 23.1 Å². The number of anilines is 1. The Morgan fingerprint density at radius 3 is 2.70 bits per heavy atom. The first-order valence-electron chi connectivity index (χ1n) is 9.23. The number of phenolic OH excluding ortho intramolecular Hbond substituents is 1. The number of piperidine rings is 1. The second-order valence-electron chi connectivity index (χ2n) is 8.04. The van der Waals surface area contributed by atoms with Crippen LogP contribution in [0.1, 0.15) is 49.7 Å². The SMILES string of the molecule is CC(C)(C)c1ccc(O)c(NC(=O)C2CCCN(C(=O)c3ccco3)C2)c1. The van der Waals surface area contributed by atoms with Crippen molar-refractivity contribution >= 4 is 17.5 Å². The molecule has 0 saturated carbocycles. The lowest BCUT2D eigenvalue weighted by Gasteiger charge is -2.31. The van der Waals surface area contributed by atoms with Crippen LogP contribution in [0.5, 0.6) is 5.75 Å². The standard InChI is InChI=1S/C21H26N2O4/c1-21(2,3)15-8-9-17(24)16(12-15)22-19(25)14-6-4-10-23(13-14)20(26)18-7-5-11-27-18/h5,7-9,11-12,14,24H,4,6,10,13H2,1-3H3,(H,22,25). The average molecular weight is 370 g/mol. The fourth-order valence-electron chi connectivity index (χ4n) is 3.27. The van der Waals surface area contributed by atoms with Gasteiger partial charge in [0, 0.05) is 13.1 Å². The molecule has 1 aromatic heterocycles. The summed E-state index contributed by atoms with van der Waals surface area (Å²) in [4.78, 5) is 26.9. The molecule has 6 heteroatoms. The molecule has 1 aromatic carbocycles. The van der Waals surface area contributed by atoms with Crippen molar-refractivity contribution in [2.75, 3.05) is 18.4 Å². The third-order valence-electron chi connectivity index (χ3n) is 4.93. The summed E-state index contributed by atoms with van der Waals surface area (Å²) in [5, 5.41) is 13.0. The van der Waals surface area contributed by atoms with Crippen molar-refractivity contribution in [1.29, 1.82) is 0 Å². The summed E-state index contributed by atoms with van der Waals surface area (Å²) in [5.74, 6) is -0.388. The highest BCUT2D eigenvalue weighted by molar-refractivity contribution is 5.95. The van der Waals surface area contributed by atoms with Crippen LogP contribution in [-0.4, -0.2) is 34.9 Å². The lowest BCUT2D eigenvalue weighted by atomic mass is 9.86. The largest absolute Gasteiger partial charge is 0.506 e. The molecule has 0 bridgehead atoms. The third kappa shape index (κ3) is 4.32. The monoisotopic (exact) mass is 370 g/mol. The molecule has 3 rings (SSSR count). The first kappa shape index (κ1) is 19.0. The molecule has 1 fully saturated rings. The maximum atomic E-state index is 12.8. The number of hydrogen-bond acceptors (Lipinski definition) is 4. The van der Waals surface area contributed by atoms with Crippen molar-refractivity contribution in [3.8, 4) is 5.75 Å². The average Bonchev–Trinajstić information content (AvgIpc) is 3.16. The Hall–Kier alpha value is -2.76. The van der Waals surface area contributed by atoms with E-state index >= 15 is 0 Å². The molecule has 2 N–H and O–H groups in total. The number of benzene rings is 1. The van der Waals surface area contributed by atoms with Crippen molar-refractivity contribution in [2.24, 2.45) is 5.92 Å². The quantitative estimate of drug-likeness (QED) is 0.806. The van der Waals surface area contributed by atoms with Crippen molar-refractivity contribution in [3.63, 3.8) is 0 Å². The number of amides is 2. The van der Waals surface area contributed by atoms with Gasteiger partial charge in [0.05, 0.1) is 17.9 Å². The molecule has 6 nitrogen and oxygen atoms in total. The molecule has 1 aliphatic rings. The Kier molecular flexibility index (Phi) is 5.26. The van der Waals surface area contributed by atoms with Gasteiger partial charge in [0.1, 0.15) is 5.75 Å². The summed E-state index contributed by atoms with van der Waals surface area (Å²) in [6, 6.07) is 8.56. The topological polar surface area (TPSA) is 82.8 Å². The van der Waals surface area contributed by atoms with Gasteiger partial charge in [-0.2, -0.15) is 0 Å². The molecule has 144 valence electrons. The molecule has 1 atom stereocenters. The molecule has 2 aromatic rings. The van der Waals surface area contributed by atoms with E-state index in [0.29, 0.717) is 25.2 Å². The minimum Gasteiger partial charge on any atom is -0.506 e. The second kappa shape index (κ2) is 7.47. The molecule has 1 unspecified atom stereocenters. The lowest BCUT2D eigenvalue weighted by molar-refractivity contribution is -0.121. The van der Waals surface area contributed by atoms with Crippen LogP contribution in [0.3, 0.4) is 0 Å². The number of rotatable bonds is 3. The van der Waals surface area contributed by atoms with Crippen LogP contribution < -0.4 is 5.32 Å². The number of carbonyl (C=O) groups excluding carboxylic acids is 2. The van der Waals surface area contributed by atoms with Crippen molar-refractivity contribution in [3.05, 3.63) is 47.9 Å². The zero-order valence-electron chi connectivity index (χ0n) is 16.0. The molecule has 0 spiro atoms. The van der Waals surface area contributed by atoms with Gasteiger partial charge in [0.2, 0.25) is 5.91 Å². The highest BCUT2D eigenvalue weighted by Gasteiger charge is 2.30. The highest BCUT2D eigenvalue weighted by Crippen LogP contribution is 2.31. The predicted octanol–water partition coefficient (Wildman–Crippen LogP) is 3.77. The third-order valence-corrected chi connectivity index (χ3v) is 4.93. The van der Waals surface area contributed by atoms with E-state index in [1.807, 2.05) is 12.1 Å². The molecular weight excluding hydrogens is 344 g/mol. The Morgan fingerprint density at radius 2 is 2.04 bits per heavy atom. The van der Waals surface area contributed by atoms with Gasteiger partial charge in [-0.1, -0.05) is 26.8 Å². The van der Waals surface area contributed by atoms with Crippen molar-refractivity contribution in [1.82, 2.24) is 4.90 Å². The first-order valence-corrected chi connectivity index (χ1v) is 9.23. The van der Waals surface area contributed by atoms with Crippen molar-refractivity contribution < 1.29 is 19.1 Å². The molecule has 0 radical (unpaired) electrons. The zero-order chi connectivity index (χ0) is 19.6. The summed E-state index contributed by atoms with van der Waals surface area (Å²) in [6.07, 6.45) is 2.92. The number of nitrogens with zero attached hydrogens (tertiary/aromatic N) is 1. The Morgan fingerprint density at radius 1 is 1.26 bits per heavy atom. The molecule has 27 heavy (non-hydrogen) atoms. The van der Waals surface area contributed by atoms with E-state index in [1.165, 1.54) is 6.26 Å². The Labute approximate surface area is 159 Å². The van der Waals surface area contributed by atoms with E-state index in [-0.39, 0.29) is 34.7 Å². The minimum atomic E-state index is -0.324. The van der Waals surface area contributed by atoms with Crippen LogP contribution in [0.2, 0.25) is 0 Å². The molecule has 2 heterocycles. The molecule has 0 aliphatic carbocycles.